The number of hydrogen-bond donors (Lipinski definition) is 4. The topological polar surface area (TPSA) is 157 Å². The lowest BCUT2D eigenvalue weighted by molar-refractivity contribution is 0.0702. The lowest BCUT2D eigenvalue weighted by Crippen LogP contribution is -2.18. The fourth-order valence-corrected chi connectivity index (χ4v) is 4.98. The van der Waals surface area contributed by atoms with Crippen molar-refractivity contribution in [1.29, 1.82) is 0 Å². The third-order valence-corrected chi connectivity index (χ3v) is 7.15. The molecule has 12 heteroatoms. The minimum atomic E-state index is -0.864. The van der Waals surface area contributed by atoms with Crippen LogP contribution in [0.4, 0.5) is 5.69 Å². The molecule has 1 saturated heterocycles. The van der Waals surface area contributed by atoms with Gasteiger partial charge < -0.3 is 30.8 Å². The van der Waals surface area contributed by atoms with E-state index >= 15 is 0 Å². The van der Waals surface area contributed by atoms with Gasteiger partial charge >= 0.3 is 5.97 Å². The second kappa shape index (κ2) is 14.2. The van der Waals surface area contributed by atoms with Gasteiger partial charge in [0.1, 0.15) is 11.1 Å². The summed E-state index contributed by atoms with van der Waals surface area (Å²) >= 11 is 8.00. The number of aromatic carboxylic acids is 1. The van der Waals surface area contributed by atoms with Gasteiger partial charge in [0.15, 0.2) is 5.78 Å². The van der Waals surface area contributed by atoms with Crippen molar-refractivity contribution in [3.8, 4) is 0 Å². The number of benzene rings is 2. The van der Waals surface area contributed by atoms with Gasteiger partial charge in [-0.1, -0.05) is 49.1 Å². The first-order chi connectivity index (χ1) is 18.1. The van der Waals surface area contributed by atoms with Crippen molar-refractivity contribution in [2.75, 3.05) is 18.9 Å². The summed E-state index contributed by atoms with van der Waals surface area (Å²) in [5, 5.41) is 14.1. The highest BCUT2D eigenvalue weighted by atomic mass is 79.9. The molecule has 9 nitrogen and oxygen atoms in total. The van der Waals surface area contributed by atoms with Gasteiger partial charge in [-0.05, 0) is 48.2 Å². The number of nitrogens with zero attached hydrogens (tertiary/aromatic N) is 1. The minimum Gasteiger partial charge on any atom is -0.477 e. The fourth-order valence-electron chi connectivity index (χ4n) is 3.17. The number of carbonyl (C=O) groups is 2. The van der Waals surface area contributed by atoms with E-state index in [2.05, 4.69) is 46.5 Å². The highest BCUT2D eigenvalue weighted by Crippen LogP contribution is 2.28. The van der Waals surface area contributed by atoms with Gasteiger partial charge in [0, 0.05) is 44.1 Å². The lowest BCUT2D eigenvalue weighted by atomic mass is 10.2. The van der Waals surface area contributed by atoms with Gasteiger partial charge in [-0.25, -0.2) is 4.79 Å². The summed E-state index contributed by atoms with van der Waals surface area (Å²) in [4.78, 5) is 25.1. The Kier molecular flexibility index (Phi) is 11.0. The van der Waals surface area contributed by atoms with Gasteiger partial charge in [0.05, 0.1) is 24.2 Å². The van der Waals surface area contributed by atoms with E-state index in [1.54, 1.807) is 13.0 Å². The van der Waals surface area contributed by atoms with Crippen molar-refractivity contribution in [1.82, 2.24) is 10.1 Å². The zero-order valence-corrected chi connectivity index (χ0v) is 24.3. The van der Waals surface area contributed by atoms with Crippen molar-refractivity contribution in [2.45, 2.75) is 19.4 Å². The first-order valence-electron chi connectivity index (χ1n) is 11.3. The van der Waals surface area contributed by atoms with E-state index in [1.807, 2.05) is 42.5 Å². The molecule has 200 valence electrons. The van der Waals surface area contributed by atoms with E-state index in [0.717, 1.165) is 49.6 Å². The Morgan fingerprint density at radius 2 is 1.82 bits per heavy atom. The van der Waals surface area contributed by atoms with Crippen LogP contribution in [0.15, 0.2) is 74.5 Å². The molecule has 4 heterocycles. The second-order valence-electron chi connectivity index (χ2n) is 8.15. The number of carboxylic acids is 1. The summed E-state index contributed by atoms with van der Waals surface area (Å²) in [6.45, 7) is 3.18. The van der Waals surface area contributed by atoms with E-state index in [-0.39, 0.29) is 5.78 Å². The normalized spacial score (nSPS) is 14.1. The summed E-state index contributed by atoms with van der Waals surface area (Å²) in [5.41, 5.74) is 12.7. The Balaban J connectivity index is 0.000000149. The number of aromatic nitrogens is 2. The van der Waals surface area contributed by atoms with Crippen LogP contribution in [0, 0.1) is 0 Å². The van der Waals surface area contributed by atoms with Crippen LogP contribution in [0.2, 0.25) is 0 Å². The molecule has 0 radical (unpaired) electrons. The number of fused-ring (bicyclic) bond motifs is 2. The first-order valence-corrected chi connectivity index (χ1v) is 13.7. The molecule has 2 aromatic carbocycles. The number of rotatable bonds is 2. The molecule has 0 aliphatic carbocycles. The zero-order chi connectivity index (χ0) is 27.7. The van der Waals surface area contributed by atoms with E-state index in [9.17, 15) is 9.59 Å². The lowest BCUT2D eigenvalue weighted by Gasteiger charge is -1.90. The van der Waals surface area contributed by atoms with E-state index in [0.29, 0.717) is 22.3 Å². The van der Waals surface area contributed by atoms with Crippen LogP contribution in [0.1, 0.15) is 33.5 Å². The molecule has 0 bridgehead atoms. The highest BCUT2D eigenvalue weighted by Gasteiger charge is 2.08. The van der Waals surface area contributed by atoms with Crippen molar-refractivity contribution >= 4 is 81.6 Å². The van der Waals surface area contributed by atoms with Crippen LogP contribution in [0.25, 0.3) is 21.0 Å². The predicted molar refractivity (Wildman–Crippen MR) is 157 cm³/mol. The molecule has 1 aliphatic heterocycles. The number of anilines is 1. The van der Waals surface area contributed by atoms with E-state index < -0.39 is 5.97 Å². The summed E-state index contributed by atoms with van der Waals surface area (Å²) in [5.74, 6) is -0.801. The molecule has 0 amide bonds. The van der Waals surface area contributed by atoms with Crippen molar-refractivity contribution in [3.05, 3.63) is 80.5 Å². The fraction of sp³-hybridized carbons (Fsp3) is 0.192. The first kappa shape index (κ1) is 29.5. The number of aromatic amines is 1. The van der Waals surface area contributed by atoms with Crippen molar-refractivity contribution in [2.24, 2.45) is 5.73 Å². The maximum absolute atomic E-state index is 11.1. The molecule has 38 heavy (non-hydrogen) atoms. The summed E-state index contributed by atoms with van der Waals surface area (Å²) < 4.78 is 12.2. The molecule has 0 spiro atoms. The second-order valence-corrected chi connectivity index (χ2v) is 11.1. The quantitative estimate of drug-likeness (QED) is 0.156. The number of Topliss-reactive ketones (excluding diaryl/α,β-unsaturated/α-hetero) is 1. The van der Waals surface area contributed by atoms with Gasteiger partial charge in [-0.2, -0.15) is 0 Å². The maximum Gasteiger partial charge on any atom is 0.345 e. The Bertz CT molecular complexity index is 1400. The zero-order valence-electron chi connectivity index (χ0n) is 20.3. The molecule has 3 aromatic heterocycles. The molecule has 6 N–H and O–H groups in total. The Labute approximate surface area is 239 Å². The van der Waals surface area contributed by atoms with Crippen LogP contribution in [0.3, 0.4) is 0 Å². The number of nitrogen functional groups attached to an aromatic ring is 1. The number of carboxylic acid groups (broad SMARTS) is 1. The average Bonchev–Trinajstić information content (AvgIpc) is 3.67. The van der Waals surface area contributed by atoms with Crippen molar-refractivity contribution in [3.63, 3.8) is 0 Å². The molecule has 0 saturated carbocycles. The molecule has 6 rings (SSSR count). The number of H-pyrrole nitrogens is 1. The van der Waals surface area contributed by atoms with Crippen LogP contribution in [-0.4, -0.2) is 46.3 Å². The number of ether oxygens (including phenoxy) is 1. The maximum atomic E-state index is 11.1. The molecule has 1 unspecified atom stereocenters. The Morgan fingerprint density at radius 1 is 1.11 bits per heavy atom. The summed E-state index contributed by atoms with van der Waals surface area (Å²) in [6.07, 6.45) is 3.86. The molecule has 1 atom stereocenters. The Morgan fingerprint density at radius 3 is 2.32 bits per heavy atom. The highest BCUT2D eigenvalue weighted by molar-refractivity contribution is 9.10. The standard InChI is InChI=1S/C10H8BrNO.C9H5BrO2S.C4H9NO.C3H4N2O/c1-6(13)9-4-7-2-3-8(11)5-10(7)12-9;10-6-2-1-5-3-8(9(11)12)13-7(5)4-6;5-4-1-2-6-3-4;4-3-1-5-6-2-3/h2-5,12H,1H3;1-4H,(H,11,12);4H,1-3,5H2;1-2H,4H2. The monoisotopic (exact) mass is 664 g/mol. The van der Waals surface area contributed by atoms with Crippen LogP contribution < -0.4 is 11.5 Å². The largest absolute Gasteiger partial charge is 0.477 e. The molecular weight excluding hydrogens is 640 g/mol. The number of hydrogen-bond acceptors (Lipinski definition) is 8. The average molecular weight is 666 g/mol. The number of carbonyl (C=O) groups excluding carboxylic acids is 1. The third kappa shape index (κ3) is 9.07. The number of nitrogens with two attached hydrogens (primary N) is 2. The van der Waals surface area contributed by atoms with Gasteiger partial charge in [0.25, 0.3) is 0 Å². The SMILES string of the molecule is CC(=O)c1cc2ccc(Br)cc2[nH]1.NC1CCOC1.Nc1cnoc1.O=C(O)c1cc2ccc(Br)cc2s1. The van der Waals surface area contributed by atoms with Gasteiger partial charge in [0.2, 0.25) is 0 Å². The smallest absolute Gasteiger partial charge is 0.345 e. The third-order valence-electron chi connectivity index (χ3n) is 5.07. The number of thiophene rings is 1. The molecule has 1 fully saturated rings. The summed E-state index contributed by atoms with van der Waals surface area (Å²) in [6, 6.07) is 15.5. The molecular formula is C26H26Br2N4O5S. The predicted octanol–water partition coefficient (Wildman–Crippen LogP) is 6.49. The van der Waals surface area contributed by atoms with Crippen LogP contribution in [0.5, 0.6) is 0 Å². The van der Waals surface area contributed by atoms with Crippen LogP contribution >= 0.6 is 43.2 Å². The minimum absolute atomic E-state index is 0.0623. The number of nitrogens with one attached hydrogen (secondary N) is 1. The molecule has 5 aromatic rings. The van der Waals surface area contributed by atoms with Gasteiger partial charge in [-0.15, -0.1) is 11.3 Å². The van der Waals surface area contributed by atoms with Crippen molar-refractivity contribution < 1.29 is 24.0 Å². The molecule has 1 aliphatic rings. The van der Waals surface area contributed by atoms with E-state index in [1.165, 1.54) is 23.8 Å². The van der Waals surface area contributed by atoms with Crippen LogP contribution in [-0.2, 0) is 4.74 Å². The van der Waals surface area contributed by atoms with E-state index in [4.69, 9.17) is 21.3 Å². The number of ketones is 1. The number of halogens is 2. The summed E-state index contributed by atoms with van der Waals surface area (Å²) in [7, 11) is 0. The Hall–Kier alpha value is -3.03. The van der Waals surface area contributed by atoms with Gasteiger partial charge in [-0.3, -0.25) is 4.79 Å².